The fourth-order valence-electron chi connectivity index (χ4n) is 2.05. The predicted octanol–water partition coefficient (Wildman–Crippen LogP) is 3.41. The van der Waals surface area contributed by atoms with Gasteiger partial charge in [-0.15, -0.1) is 11.6 Å². The summed E-state index contributed by atoms with van der Waals surface area (Å²) in [6.45, 7) is 2.41. The van der Waals surface area contributed by atoms with Crippen LogP contribution in [0.4, 0.5) is 0 Å². The van der Waals surface area contributed by atoms with Gasteiger partial charge in [0.2, 0.25) is 5.88 Å². The molecule has 0 spiro atoms. The van der Waals surface area contributed by atoms with E-state index in [1.807, 2.05) is 24.3 Å². The van der Waals surface area contributed by atoms with Crippen LogP contribution in [-0.2, 0) is 15.4 Å². The van der Waals surface area contributed by atoms with Crippen LogP contribution in [0.2, 0.25) is 0 Å². The van der Waals surface area contributed by atoms with E-state index >= 15 is 0 Å². The number of ether oxygens (including phenoxy) is 3. The number of fused-ring (bicyclic) bond motifs is 1. The van der Waals surface area contributed by atoms with Gasteiger partial charge in [0.15, 0.2) is 0 Å². The van der Waals surface area contributed by atoms with E-state index in [1.54, 1.807) is 13.3 Å². The summed E-state index contributed by atoms with van der Waals surface area (Å²) in [6, 6.07) is 7.98. The minimum atomic E-state index is 0.441. The summed E-state index contributed by atoms with van der Waals surface area (Å²) in [7, 11) is 1.68. The molecule has 0 atom stereocenters. The minimum absolute atomic E-state index is 0.441. The first-order valence-corrected chi connectivity index (χ1v) is 7.52. The minimum Gasteiger partial charge on any atom is -0.475 e. The van der Waals surface area contributed by atoms with Crippen molar-refractivity contribution in [2.45, 2.75) is 12.3 Å². The smallest absolute Gasteiger partial charge is 0.221 e. The number of alkyl halides is 1. The molecular formula is C16H20ClNO3. The molecule has 0 bridgehead atoms. The molecule has 4 nitrogen and oxygen atoms in total. The van der Waals surface area contributed by atoms with Crippen LogP contribution in [0.1, 0.15) is 12.0 Å². The molecule has 0 aliphatic carbocycles. The Kier molecular flexibility index (Phi) is 6.73. The van der Waals surface area contributed by atoms with Gasteiger partial charge in [-0.05, 0) is 23.4 Å². The maximum absolute atomic E-state index is 5.93. The van der Waals surface area contributed by atoms with Crippen molar-refractivity contribution in [3.05, 3.63) is 36.0 Å². The van der Waals surface area contributed by atoms with Crippen LogP contribution in [0, 0.1) is 0 Å². The number of pyridine rings is 1. The van der Waals surface area contributed by atoms with E-state index in [0.29, 0.717) is 38.2 Å². The SMILES string of the molecule is COCCCOCCOc1ncc(CCl)c2ccccc12. The third kappa shape index (κ3) is 4.56. The van der Waals surface area contributed by atoms with Gasteiger partial charge in [-0.2, -0.15) is 0 Å². The molecule has 0 aliphatic heterocycles. The monoisotopic (exact) mass is 309 g/mol. The lowest BCUT2D eigenvalue weighted by Crippen LogP contribution is -2.09. The van der Waals surface area contributed by atoms with E-state index in [2.05, 4.69) is 4.98 Å². The molecule has 0 saturated heterocycles. The van der Waals surface area contributed by atoms with E-state index in [4.69, 9.17) is 25.8 Å². The van der Waals surface area contributed by atoms with Gasteiger partial charge >= 0.3 is 0 Å². The Bertz CT molecular complexity index is 562. The summed E-state index contributed by atoms with van der Waals surface area (Å²) in [5, 5.41) is 2.06. The van der Waals surface area contributed by atoms with Gasteiger partial charge < -0.3 is 14.2 Å². The molecule has 0 amide bonds. The number of methoxy groups -OCH3 is 1. The second-order valence-electron chi connectivity index (χ2n) is 4.57. The normalized spacial score (nSPS) is 11.0. The van der Waals surface area contributed by atoms with Crippen LogP contribution < -0.4 is 4.74 Å². The lowest BCUT2D eigenvalue weighted by Gasteiger charge is -2.10. The topological polar surface area (TPSA) is 40.6 Å². The number of nitrogens with zero attached hydrogens (tertiary/aromatic N) is 1. The van der Waals surface area contributed by atoms with Gasteiger partial charge in [0.05, 0.1) is 6.61 Å². The fraction of sp³-hybridized carbons (Fsp3) is 0.438. The lowest BCUT2D eigenvalue weighted by molar-refractivity contribution is 0.0799. The highest BCUT2D eigenvalue weighted by atomic mass is 35.5. The molecule has 21 heavy (non-hydrogen) atoms. The summed E-state index contributed by atoms with van der Waals surface area (Å²) in [5.41, 5.74) is 1.01. The van der Waals surface area contributed by atoms with Gasteiger partial charge in [-0.25, -0.2) is 4.98 Å². The van der Waals surface area contributed by atoms with E-state index in [0.717, 1.165) is 22.8 Å². The molecule has 0 saturated carbocycles. The number of benzene rings is 1. The largest absolute Gasteiger partial charge is 0.475 e. The van der Waals surface area contributed by atoms with E-state index in [9.17, 15) is 0 Å². The molecule has 1 heterocycles. The summed E-state index contributed by atoms with van der Waals surface area (Å²) < 4.78 is 16.1. The zero-order chi connectivity index (χ0) is 14.9. The lowest BCUT2D eigenvalue weighted by atomic mass is 10.1. The van der Waals surface area contributed by atoms with Crippen LogP contribution >= 0.6 is 11.6 Å². The molecule has 0 unspecified atom stereocenters. The van der Waals surface area contributed by atoms with Crippen molar-refractivity contribution in [2.24, 2.45) is 0 Å². The number of aromatic nitrogens is 1. The van der Waals surface area contributed by atoms with Crippen molar-refractivity contribution >= 4 is 22.4 Å². The summed E-state index contributed by atoms with van der Waals surface area (Å²) >= 11 is 5.93. The quantitative estimate of drug-likeness (QED) is 0.526. The number of rotatable bonds is 9. The van der Waals surface area contributed by atoms with Crippen molar-refractivity contribution in [3.63, 3.8) is 0 Å². The van der Waals surface area contributed by atoms with Crippen molar-refractivity contribution in [3.8, 4) is 5.88 Å². The molecule has 0 aliphatic rings. The number of hydrogen-bond donors (Lipinski definition) is 0. The molecule has 114 valence electrons. The van der Waals surface area contributed by atoms with Crippen molar-refractivity contribution in [1.29, 1.82) is 0 Å². The van der Waals surface area contributed by atoms with E-state index in [1.165, 1.54) is 0 Å². The Morgan fingerprint density at radius 3 is 2.62 bits per heavy atom. The third-order valence-electron chi connectivity index (χ3n) is 3.09. The Hall–Kier alpha value is -1.36. The second-order valence-corrected chi connectivity index (χ2v) is 4.84. The molecule has 1 aromatic carbocycles. The van der Waals surface area contributed by atoms with Crippen molar-refractivity contribution in [1.82, 2.24) is 4.98 Å². The van der Waals surface area contributed by atoms with Crippen LogP contribution in [0.25, 0.3) is 10.8 Å². The summed E-state index contributed by atoms with van der Waals surface area (Å²) in [4.78, 5) is 4.34. The first-order chi connectivity index (χ1) is 10.4. The zero-order valence-electron chi connectivity index (χ0n) is 12.2. The highest BCUT2D eigenvalue weighted by Gasteiger charge is 2.07. The Labute approximate surface area is 130 Å². The van der Waals surface area contributed by atoms with Crippen LogP contribution in [0.15, 0.2) is 30.5 Å². The molecular weight excluding hydrogens is 290 g/mol. The number of hydrogen-bond acceptors (Lipinski definition) is 4. The van der Waals surface area contributed by atoms with Gasteiger partial charge in [-0.1, -0.05) is 18.2 Å². The molecule has 0 fully saturated rings. The Morgan fingerprint density at radius 2 is 1.86 bits per heavy atom. The molecule has 2 aromatic rings. The molecule has 0 N–H and O–H groups in total. The van der Waals surface area contributed by atoms with Gasteiger partial charge in [0, 0.05) is 37.8 Å². The fourth-order valence-corrected chi connectivity index (χ4v) is 2.26. The van der Waals surface area contributed by atoms with Crippen molar-refractivity contribution < 1.29 is 14.2 Å². The standard InChI is InChI=1S/C16H20ClNO3/c1-19-7-4-8-20-9-10-21-16-15-6-3-2-5-14(15)13(11-17)12-18-16/h2-3,5-6,12H,4,7-11H2,1H3. The average Bonchev–Trinajstić information content (AvgIpc) is 2.54. The van der Waals surface area contributed by atoms with Gasteiger partial charge in [0.1, 0.15) is 6.61 Å². The highest BCUT2D eigenvalue weighted by molar-refractivity contribution is 6.18. The second kappa shape index (κ2) is 8.82. The highest BCUT2D eigenvalue weighted by Crippen LogP contribution is 2.26. The Morgan fingerprint density at radius 1 is 1.05 bits per heavy atom. The maximum Gasteiger partial charge on any atom is 0.221 e. The van der Waals surface area contributed by atoms with Gasteiger partial charge in [-0.3, -0.25) is 0 Å². The zero-order valence-corrected chi connectivity index (χ0v) is 12.9. The summed E-state index contributed by atoms with van der Waals surface area (Å²) in [5.74, 6) is 1.07. The third-order valence-corrected chi connectivity index (χ3v) is 3.38. The predicted molar refractivity (Wildman–Crippen MR) is 84.1 cm³/mol. The van der Waals surface area contributed by atoms with Crippen molar-refractivity contribution in [2.75, 3.05) is 33.5 Å². The van der Waals surface area contributed by atoms with E-state index in [-0.39, 0.29) is 0 Å². The Balaban J connectivity index is 1.90. The van der Waals surface area contributed by atoms with Gasteiger partial charge in [0.25, 0.3) is 0 Å². The van der Waals surface area contributed by atoms with Crippen LogP contribution in [-0.4, -0.2) is 38.5 Å². The molecule has 5 heteroatoms. The van der Waals surface area contributed by atoms with Crippen LogP contribution in [0.5, 0.6) is 5.88 Å². The summed E-state index contributed by atoms with van der Waals surface area (Å²) in [6.07, 6.45) is 2.66. The maximum atomic E-state index is 5.93. The van der Waals surface area contributed by atoms with Crippen LogP contribution in [0.3, 0.4) is 0 Å². The molecule has 2 rings (SSSR count). The molecule has 0 radical (unpaired) electrons. The number of halogens is 1. The molecule has 1 aromatic heterocycles. The average molecular weight is 310 g/mol. The van der Waals surface area contributed by atoms with E-state index < -0.39 is 0 Å². The first-order valence-electron chi connectivity index (χ1n) is 6.99. The first kappa shape index (κ1) is 16.0.